The Balaban J connectivity index is 1.78. The Bertz CT molecular complexity index is 1470. The number of methoxy groups -OCH3 is 1. The molecule has 0 unspecified atom stereocenters. The molecule has 0 saturated heterocycles. The molecule has 0 fully saturated rings. The lowest BCUT2D eigenvalue weighted by Gasteiger charge is -2.12. The van der Waals surface area contributed by atoms with Gasteiger partial charge in [0.25, 0.3) is 0 Å². The summed E-state index contributed by atoms with van der Waals surface area (Å²) < 4.78 is 44.9. The van der Waals surface area contributed by atoms with Crippen LogP contribution in [0.3, 0.4) is 0 Å². The minimum Gasteiger partial charge on any atom is -0.383 e. The quantitative estimate of drug-likeness (QED) is 0.432. The average molecular weight is 496 g/mol. The van der Waals surface area contributed by atoms with Gasteiger partial charge in [0.1, 0.15) is 16.5 Å². The number of aromatic nitrogens is 3. The maximum Gasteiger partial charge on any atom is 0.239 e. The van der Waals surface area contributed by atoms with Crippen molar-refractivity contribution in [2.45, 2.75) is 11.5 Å². The lowest BCUT2D eigenvalue weighted by Crippen LogP contribution is -2.12. The van der Waals surface area contributed by atoms with Crippen molar-refractivity contribution < 1.29 is 17.5 Å². The Hall–Kier alpha value is -2.76. The van der Waals surface area contributed by atoms with Crippen LogP contribution in [0.2, 0.25) is 10.0 Å². The molecule has 4 aromatic rings. The summed E-state index contributed by atoms with van der Waals surface area (Å²) in [6.07, 6.45) is 3.05. The van der Waals surface area contributed by atoms with Gasteiger partial charge in [0, 0.05) is 35.6 Å². The van der Waals surface area contributed by atoms with Crippen molar-refractivity contribution in [3.05, 3.63) is 64.2 Å². The molecule has 2 heterocycles. The van der Waals surface area contributed by atoms with Crippen LogP contribution < -0.4 is 10.9 Å². The van der Waals surface area contributed by atoms with Gasteiger partial charge >= 0.3 is 0 Å². The monoisotopic (exact) mass is 495 g/mol. The fourth-order valence-electron chi connectivity index (χ4n) is 3.34. The molecule has 0 radical (unpaired) electrons. The summed E-state index contributed by atoms with van der Waals surface area (Å²) in [6.45, 7) is 0.311. The molecule has 0 aliphatic rings. The minimum atomic E-state index is -4.06. The standard InChI is InChI=1S/C20H16Cl2FN5O3S/c1-31-9-11-7-27-28-19(24)14(8-26-20(11)28)13-3-2-10(6-15(13)23)12-4-5-16(32(25,29)30)18(22)17(12)21/h2-8H,9,24H2,1H3,(H2,25,29,30). The summed E-state index contributed by atoms with van der Waals surface area (Å²) in [5.41, 5.74) is 8.76. The lowest BCUT2D eigenvalue weighted by atomic mass is 10.0. The molecule has 2 aromatic carbocycles. The second-order valence-electron chi connectivity index (χ2n) is 6.87. The third kappa shape index (κ3) is 3.80. The van der Waals surface area contributed by atoms with Crippen molar-refractivity contribution >= 4 is 44.7 Å². The van der Waals surface area contributed by atoms with Crippen molar-refractivity contribution in [3.63, 3.8) is 0 Å². The molecule has 32 heavy (non-hydrogen) atoms. The van der Waals surface area contributed by atoms with Crippen molar-refractivity contribution in [1.29, 1.82) is 0 Å². The van der Waals surface area contributed by atoms with Crippen LogP contribution in [0.15, 0.2) is 47.6 Å². The largest absolute Gasteiger partial charge is 0.383 e. The van der Waals surface area contributed by atoms with Gasteiger partial charge in [0.05, 0.1) is 22.8 Å². The van der Waals surface area contributed by atoms with Gasteiger partial charge in [-0.3, -0.25) is 0 Å². The number of hydrogen-bond donors (Lipinski definition) is 2. The Morgan fingerprint density at radius 3 is 2.47 bits per heavy atom. The molecule has 2 aromatic heterocycles. The SMILES string of the molecule is COCc1cnn2c(N)c(-c3ccc(-c4ccc(S(N)(=O)=O)c(Cl)c4Cl)cc3F)cnc12. The Morgan fingerprint density at radius 2 is 1.81 bits per heavy atom. The second kappa shape index (κ2) is 8.30. The molecular formula is C20H16Cl2FN5O3S. The van der Waals surface area contributed by atoms with E-state index in [1.807, 2.05) is 0 Å². The summed E-state index contributed by atoms with van der Waals surface area (Å²) >= 11 is 12.3. The number of fused-ring (bicyclic) bond motifs is 1. The molecule has 4 N–H and O–H groups in total. The third-order valence-electron chi connectivity index (χ3n) is 4.86. The van der Waals surface area contributed by atoms with Gasteiger partial charge in [0.2, 0.25) is 10.0 Å². The first-order chi connectivity index (χ1) is 15.1. The Kier molecular flexibility index (Phi) is 5.82. The second-order valence-corrected chi connectivity index (χ2v) is 9.16. The van der Waals surface area contributed by atoms with Crippen LogP contribution >= 0.6 is 23.2 Å². The van der Waals surface area contributed by atoms with Crippen LogP contribution in [0.1, 0.15) is 5.56 Å². The number of nitrogens with zero attached hydrogens (tertiary/aromatic N) is 3. The number of halogens is 3. The molecule has 0 aliphatic carbocycles. The van der Waals surface area contributed by atoms with E-state index in [0.29, 0.717) is 28.9 Å². The zero-order chi connectivity index (χ0) is 23.2. The molecule has 0 atom stereocenters. The highest BCUT2D eigenvalue weighted by Crippen LogP contribution is 2.39. The molecule has 8 nitrogen and oxygen atoms in total. The molecule has 0 amide bonds. The first-order valence-corrected chi connectivity index (χ1v) is 11.3. The predicted octanol–water partition coefficient (Wildman–Crippen LogP) is 3.89. The highest BCUT2D eigenvalue weighted by molar-refractivity contribution is 7.89. The topological polar surface area (TPSA) is 126 Å². The van der Waals surface area contributed by atoms with Crippen molar-refractivity contribution in [2.24, 2.45) is 5.14 Å². The van der Waals surface area contributed by atoms with Gasteiger partial charge in [0.15, 0.2) is 5.65 Å². The summed E-state index contributed by atoms with van der Waals surface area (Å²) in [4.78, 5) is 4.03. The van der Waals surface area contributed by atoms with E-state index in [9.17, 15) is 8.42 Å². The first-order valence-electron chi connectivity index (χ1n) is 9.04. The number of nitrogen functional groups attached to an aromatic ring is 1. The number of anilines is 1. The van der Waals surface area contributed by atoms with Crippen LogP contribution in [-0.2, 0) is 21.4 Å². The highest BCUT2D eigenvalue weighted by atomic mass is 35.5. The summed E-state index contributed by atoms with van der Waals surface area (Å²) in [6, 6.07) is 6.99. The van der Waals surface area contributed by atoms with E-state index in [1.165, 1.54) is 35.0 Å². The number of ether oxygens (including phenoxy) is 1. The van der Waals surface area contributed by atoms with E-state index in [1.54, 1.807) is 19.4 Å². The third-order valence-corrected chi connectivity index (χ3v) is 6.81. The Labute approximate surface area is 192 Å². The predicted molar refractivity (Wildman–Crippen MR) is 120 cm³/mol. The van der Waals surface area contributed by atoms with Gasteiger partial charge < -0.3 is 10.5 Å². The normalized spacial score (nSPS) is 11.9. The Morgan fingerprint density at radius 1 is 1.09 bits per heavy atom. The molecule has 0 aliphatic heterocycles. The van der Waals surface area contributed by atoms with E-state index >= 15 is 4.39 Å². The molecule has 0 saturated carbocycles. The van der Waals surface area contributed by atoms with Gasteiger partial charge in [-0.05, 0) is 17.7 Å². The lowest BCUT2D eigenvalue weighted by molar-refractivity contribution is 0.186. The fraction of sp³-hybridized carbons (Fsp3) is 0.100. The van der Waals surface area contributed by atoms with Crippen molar-refractivity contribution in [2.75, 3.05) is 12.8 Å². The van der Waals surface area contributed by atoms with Crippen molar-refractivity contribution in [1.82, 2.24) is 14.6 Å². The summed E-state index contributed by atoms with van der Waals surface area (Å²) in [5.74, 6) is -0.384. The number of benzene rings is 2. The van der Waals surface area contributed by atoms with E-state index in [2.05, 4.69) is 10.1 Å². The summed E-state index contributed by atoms with van der Waals surface area (Å²) in [5, 5.41) is 9.04. The number of sulfonamides is 1. The van der Waals surface area contributed by atoms with Crippen LogP contribution in [0, 0.1) is 5.82 Å². The highest BCUT2D eigenvalue weighted by Gasteiger charge is 2.20. The van der Waals surface area contributed by atoms with E-state index in [0.717, 1.165) is 5.56 Å². The maximum absolute atomic E-state index is 15.1. The number of hydrogen-bond acceptors (Lipinski definition) is 6. The number of primary sulfonamides is 1. The number of rotatable bonds is 5. The van der Waals surface area contributed by atoms with Crippen LogP contribution in [0.4, 0.5) is 10.2 Å². The van der Waals surface area contributed by atoms with Gasteiger partial charge in [-0.15, -0.1) is 0 Å². The molecule has 166 valence electrons. The van der Waals surface area contributed by atoms with Gasteiger partial charge in [-0.25, -0.2) is 22.9 Å². The smallest absolute Gasteiger partial charge is 0.239 e. The fourth-order valence-corrected chi connectivity index (χ4v) is 4.76. The molecular weight excluding hydrogens is 480 g/mol. The van der Waals surface area contributed by atoms with Crippen molar-refractivity contribution in [3.8, 4) is 22.3 Å². The molecule has 0 bridgehead atoms. The zero-order valence-electron chi connectivity index (χ0n) is 16.5. The van der Waals surface area contributed by atoms with Crippen LogP contribution in [-0.4, -0.2) is 30.1 Å². The summed E-state index contributed by atoms with van der Waals surface area (Å²) in [7, 11) is -2.50. The first kappa shape index (κ1) is 22.4. The number of nitrogens with two attached hydrogens (primary N) is 2. The molecule has 4 rings (SSSR count). The van der Waals surface area contributed by atoms with Crippen LogP contribution in [0.5, 0.6) is 0 Å². The minimum absolute atomic E-state index is 0.0600. The van der Waals surface area contributed by atoms with Gasteiger partial charge in [-0.2, -0.15) is 9.61 Å². The average Bonchev–Trinajstić information content (AvgIpc) is 3.14. The molecule has 0 spiro atoms. The van der Waals surface area contributed by atoms with E-state index in [4.69, 9.17) is 38.8 Å². The maximum atomic E-state index is 15.1. The van der Waals surface area contributed by atoms with E-state index < -0.39 is 15.8 Å². The zero-order valence-corrected chi connectivity index (χ0v) is 18.8. The van der Waals surface area contributed by atoms with Crippen LogP contribution in [0.25, 0.3) is 27.9 Å². The van der Waals surface area contributed by atoms with E-state index in [-0.39, 0.29) is 26.3 Å². The molecule has 12 heteroatoms. The van der Waals surface area contributed by atoms with Gasteiger partial charge in [-0.1, -0.05) is 41.4 Å².